The van der Waals surface area contributed by atoms with Gasteiger partial charge in [-0.3, -0.25) is 13.9 Å². The third kappa shape index (κ3) is 7.33. The summed E-state index contributed by atoms with van der Waals surface area (Å²) in [7, 11) is 4.21. The molecule has 0 aliphatic carbocycles. The molecule has 1 aromatic carbocycles. The van der Waals surface area contributed by atoms with Crippen molar-refractivity contribution in [2.75, 3.05) is 20.1 Å². The van der Waals surface area contributed by atoms with E-state index in [1.165, 1.54) is 17.2 Å². The first-order valence-electron chi connectivity index (χ1n) is 10.1. The second-order valence-electron chi connectivity index (χ2n) is 7.48. The summed E-state index contributed by atoms with van der Waals surface area (Å²) < 4.78 is 4.76. The van der Waals surface area contributed by atoms with Gasteiger partial charge < -0.3 is 9.47 Å². The number of hydrogen-bond donors (Lipinski definition) is 0. The average molecular weight is 725 g/mol. The normalized spacial score (nSPS) is 10.6. The zero-order valence-electron chi connectivity index (χ0n) is 19.0. The number of rotatable bonds is 7. The maximum absolute atomic E-state index is 12.8. The number of imidazole rings is 1. The van der Waals surface area contributed by atoms with E-state index >= 15 is 0 Å². The van der Waals surface area contributed by atoms with E-state index in [1.54, 1.807) is 4.57 Å². The number of nitrogens with zero attached hydrogens (tertiary/aromatic N) is 5. The Hall–Kier alpha value is -0.336. The van der Waals surface area contributed by atoms with Gasteiger partial charge in [0.05, 0.1) is 0 Å². The summed E-state index contributed by atoms with van der Waals surface area (Å²) >= 11 is 4.74. The SMILES string of the molecule is CCN(C)CCn1c(C)nc2c1c(=O)n(C)c(=O)n2CCc1ccc(C)cc1.Cl.[I][V][I]. The molecule has 7 nitrogen and oxygen atoms in total. The summed E-state index contributed by atoms with van der Waals surface area (Å²) in [6.07, 6.45) is 0.706. The van der Waals surface area contributed by atoms with Crippen LogP contribution in [0.1, 0.15) is 23.9 Å². The van der Waals surface area contributed by atoms with Crippen LogP contribution >= 0.6 is 52.4 Å². The van der Waals surface area contributed by atoms with E-state index < -0.39 is 0 Å². The van der Waals surface area contributed by atoms with Crippen LogP contribution in [0.5, 0.6) is 0 Å². The Kier molecular flexibility index (Phi) is 13.1. The molecule has 0 saturated carbocycles. The number of aromatic nitrogens is 4. The Labute approximate surface area is 224 Å². The molecule has 0 amide bonds. The quantitative estimate of drug-likeness (QED) is 0.347. The van der Waals surface area contributed by atoms with Gasteiger partial charge in [0.1, 0.15) is 5.82 Å². The summed E-state index contributed by atoms with van der Waals surface area (Å²) in [5.74, 6) is 0.756. The van der Waals surface area contributed by atoms with Gasteiger partial charge in [-0.1, -0.05) is 36.8 Å². The topological polar surface area (TPSA) is 65.1 Å². The third-order valence-electron chi connectivity index (χ3n) is 5.41. The summed E-state index contributed by atoms with van der Waals surface area (Å²) in [6.45, 7) is 8.94. The van der Waals surface area contributed by atoms with Crippen LogP contribution in [0.15, 0.2) is 33.9 Å². The van der Waals surface area contributed by atoms with Gasteiger partial charge in [-0.05, 0) is 39.4 Å². The fourth-order valence-corrected chi connectivity index (χ4v) is 3.37. The summed E-state index contributed by atoms with van der Waals surface area (Å²) in [4.78, 5) is 32.4. The second-order valence-corrected chi connectivity index (χ2v) is 19.3. The van der Waals surface area contributed by atoms with Gasteiger partial charge in [0.2, 0.25) is 0 Å². The molecular formula is C21H30ClI2N5O2V. The molecule has 0 spiro atoms. The van der Waals surface area contributed by atoms with Crippen molar-refractivity contribution in [3.63, 3.8) is 0 Å². The number of halogens is 3. The number of benzene rings is 1. The molecule has 0 aliphatic heterocycles. The molecule has 3 rings (SSSR count). The van der Waals surface area contributed by atoms with E-state index in [9.17, 15) is 9.59 Å². The standard InChI is InChI=1S/C21H29N5O2.ClH.2HI.V/c1-6-23(4)13-14-25-16(3)22-19-18(25)20(27)24(5)21(28)26(19)12-11-17-9-7-15(2)8-10-17;;;;/h7-10H,6,11-14H2,1-5H3;3*1H;/q;;;;+2/p-2. The zero-order valence-corrected chi connectivity index (χ0v) is 25.5. The van der Waals surface area contributed by atoms with Crippen LogP contribution in [0, 0.1) is 13.8 Å². The summed E-state index contributed by atoms with van der Waals surface area (Å²) in [5, 5.41) is 0. The number of aryl methyl sites for hydroxylation is 4. The molecule has 3 aromatic rings. The Balaban J connectivity index is 0.00000121. The summed E-state index contributed by atoms with van der Waals surface area (Å²) in [6, 6.07) is 8.28. The van der Waals surface area contributed by atoms with Crippen molar-refractivity contribution < 1.29 is 9.47 Å². The molecule has 0 bridgehead atoms. The van der Waals surface area contributed by atoms with Crippen molar-refractivity contribution in [3.8, 4) is 0 Å². The molecule has 0 unspecified atom stereocenters. The van der Waals surface area contributed by atoms with Crippen LogP contribution in [-0.4, -0.2) is 43.7 Å². The first-order valence-corrected chi connectivity index (χ1v) is 19.1. The van der Waals surface area contributed by atoms with Crippen LogP contribution in [0.2, 0.25) is 0 Å². The van der Waals surface area contributed by atoms with E-state index in [1.807, 2.05) is 18.5 Å². The molecule has 177 valence electrons. The predicted octanol–water partition coefficient (Wildman–Crippen LogP) is 3.90. The van der Waals surface area contributed by atoms with Crippen molar-refractivity contribution in [2.45, 2.75) is 40.3 Å². The first kappa shape index (κ1) is 29.7. The molecule has 2 heterocycles. The molecule has 0 saturated heterocycles. The van der Waals surface area contributed by atoms with Gasteiger partial charge in [0, 0.05) is 26.7 Å². The van der Waals surface area contributed by atoms with E-state index in [-0.39, 0.29) is 23.7 Å². The molecule has 0 atom stereocenters. The van der Waals surface area contributed by atoms with Gasteiger partial charge in [-0.15, -0.1) is 12.4 Å². The van der Waals surface area contributed by atoms with Crippen LogP contribution < -0.4 is 11.2 Å². The van der Waals surface area contributed by atoms with Crippen molar-refractivity contribution in [1.82, 2.24) is 23.6 Å². The molecule has 2 aromatic heterocycles. The number of likely N-dealkylation sites (N-methyl/N-ethyl adjacent to an activating group) is 1. The fourth-order valence-electron chi connectivity index (χ4n) is 3.37. The first-order chi connectivity index (χ1) is 14.7. The summed E-state index contributed by atoms with van der Waals surface area (Å²) in [5.41, 5.74) is 2.74. The van der Waals surface area contributed by atoms with Gasteiger partial charge in [0.25, 0.3) is 5.56 Å². The van der Waals surface area contributed by atoms with Crippen LogP contribution in [0.4, 0.5) is 0 Å². The van der Waals surface area contributed by atoms with Crippen LogP contribution in [0.3, 0.4) is 0 Å². The van der Waals surface area contributed by atoms with Crippen molar-refractivity contribution in [2.24, 2.45) is 7.05 Å². The van der Waals surface area contributed by atoms with Gasteiger partial charge in [-0.2, -0.15) is 0 Å². The Bertz CT molecular complexity index is 1130. The Morgan fingerprint density at radius 1 is 1.06 bits per heavy atom. The van der Waals surface area contributed by atoms with Crippen LogP contribution in [0.25, 0.3) is 11.2 Å². The maximum atomic E-state index is 12.8. The van der Waals surface area contributed by atoms with Gasteiger partial charge in [0.15, 0.2) is 11.2 Å². The third-order valence-corrected chi connectivity index (χ3v) is 5.41. The molecule has 32 heavy (non-hydrogen) atoms. The Morgan fingerprint density at radius 2 is 1.66 bits per heavy atom. The number of hydrogen-bond acceptors (Lipinski definition) is 4. The predicted molar refractivity (Wildman–Crippen MR) is 147 cm³/mol. The molecule has 0 fully saturated rings. The van der Waals surface area contributed by atoms with E-state index in [0.29, 0.717) is 40.1 Å². The zero-order chi connectivity index (χ0) is 23.1. The molecule has 0 aliphatic rings. The average Bonchev–Trinajstić information content (AvgIpc) is 3.08. The molecule has 0 N–H and O–H groups in total. The molecular weight excluding hydrogens is 694 g/mol. The van der Waals surface area contributed by atoms with Crippen LogP contribution in [-0.2, 0) is 36.0 Å². The van der Waals surface area contributed by atoms with Crippen molar-refractivity contribution in [1.29, 1.82) is 0 Å². The molecule has 0 radical (unpaired) electrons. The second kappa shape index (κ2) is 14.2. The van der Waals surface area contributed by atoms with Gasteiger partial charge in [-0.25, -0.2) is 9.78 Å². The van der Waals surface area contributed by atoms with E-state index in [0.717, 1.165) is 24.5 Å². The minimum absolute atomic E-state index is 0. The monoisotopic (exact) mass is 724 g/mol. The van der Waals surface area contributed by atoms with Crippen molar-refractivity contribution in [3.05, 3.63) is 62.1 Å². The minimum atomic E-state index is -0.320. The molecule has 11 heteroatoms. The van der Waals surface area contributed by atoms with E-state index in [2.05, 4.69) is 88.0 Å². The van der Waals surface area contributed by atoms with Crippen molar-refractivity contribution >= 4 is 63.5 Å². The Morgan fingerprint density at radius 3 is 2.22 bits per heavy atom. The van der Waals surface area contributed by atoms with E-state index in [4.69, 9.17) is 0 Å². The number of fused-ring (bicyclic) bond motifs is 1. The van der Waals surface area contributed by atoms with Gasteiger partial charge >= 0.3 is 55.1 Å². The fraction of sp³-hybridized carbons (Fsp3) is 0.476.